The van der Waals surface area contributed by atoms with Crippen LogP contribution >= 0.6 is 11.8 Å². The molecule has 0 unspecified atom stereocenters. The first kappa shape index (κ1) is 19.4. The van der Waals surface area contributed by atoms with Gasteiger partial charge < -0.3 is 10.1 Å². The molecule has 1 heterocycles. The number of aromatic nitrogens is 1. The zero-order chi connectivity index (χ0) is 20.4. The van der Waals surface area contributed by atoms with E-state index in [0.29, 0.717) is 21.8 Å². The molecule has 0 radical (unpaired) electrons. The number of H-pyrrole nitrogens is 1. The van der Waals surface area contributed by atoms with Gasteiger partial charge in [0.1, 0.15) is 0 Å². The maximum atomic E-state index is 13.2. The summed E-state index contributed by atoms with van der Waals surface area (Å²) in [5.41, 5.74) is 1.39. The largest absolute Gasteiger partial charge is 0.478 e. The predicted octanol–water partition coefficient (Wildman–Crippen LogP) is 4.62. The molecule has 2 N–H and O–H groups in total. The molecule has 0 aliphatic carbocycles. The van der Waals surface area contributed by atoms with Crippen LogP contribution in [0.2, 0.25) is 0 Å². The molecule has 8 heteroatoms. The molecule has 0 amide bonds. The van der Waals surface area contributed by atoms with Crippen LogP contribution < -0.4 is 0 Å². The fourth-order valence-electron chi connectivity index (χ4n) is 2.97. The fourth-order valence-corrected chi connectivity index (χ4v) is 3.92. The number of nitrogens with zero attached hydrogens (tertiary/aromatic N) is 1. The van der Waals surface area contributed by atoms with E-state index in [2.05, 4.69) is 4.98 Å². The van der Waals surface area contributed by atoms with E-state index in [1.807, 2.05) is 0 Å². The highest BCUT2D eigenvalue weighted by Crippen LogP contribution is 2.33. The number of nitro benzene ring substituents is 1. The third-order valence-electron chi connectivity index (χ3n) is 4.22. The monoisotopic (exact) mass is 396 g/mol. The SMILES string of the molecule is Cc1[nH]c(C)c(C(=O)c2ccccc2Sc2ccc([N+](=O)[O-])cc2)c1C(=O)O. The lowest BCUT2D eigenvalue weighted by Gasteiger charge is -2.09. The molecule has 3 aromatic rings. The summed E-state index contributed by atoms with van der Waals surface area (Å²) in [7, 11) is 0. The van der Waals surface area contributed by atoms with Gasteiger partial charge in [0, 0.05) is 38.9 Å². The molecule has 0 atom stereocenters. The molecule has 0 spiro atoms. The Kier molecular flexibility index (Phi) is 5.32. The van der Waals surface area contributed by atoms with Crippen LogP contribution in [0.15, 0.2) is 58.3 Å². The molecule has 142 valence electrons. The average Bonchev–Trinajstić information content (AvgIpc) is 2.96. The van der Waals surface area contributed by atoms with Crippen LogP contribution in [0.1, 0.15) is 37.7 Å². The van der Waals surface area contributed by atoms with E-state index in [4.69, 9.17) is 0 Å². The van der Waals surface area contributed by atoms with Gasteiger partial charge in [-0.25, -0.2) is 4.79 Å². The second-order valence-corrected chi connectivity index (χ2v) is 7.22. The smallest absolute Gasteiger partial charge is 0.338 e. The Balaban J connectivity index is 2.00. The lowest BCUT2D eigenvalue weighted by molar-refractivity contribution is -0.384. The lowest BCUT2D eigenvalue weighted by Crippen LogP contribution is -2.10. The number of ketones is 1. The van der Waals surface area contributed by atoms with Gasteiger partial charge in [-0.2, -0.15) is 0 Å². The molecule has 0 fully saturated rings. The molecule has 0 aliphatic heterocycles. The van der Waals surface area contributed by atoms with Crippen molar-refractivity contribution >= 4 is 29.2 Å². The summed E-state index contributed by atoms with van der Waals surface area (Å²) in [6.45, 7) is 3.28. The number of nitro groups is 1. The van der Waals surface area contributed by atoms with Crippen LogP contribution in [0.4, 0.5) is 5.69 Å². The number of carboxylic acids is 1. The van der Waals surface area contributed by atoms with Crippen molar-refractivity contribution in [3.05, 3.63) is 86.7 Å². The molecule has 0 saturated carbocycles. The minimum atomic E-state index is -1.16. The fraction of sp³-hybridized carbons (Fsp3) is 0.100. The molecule has 3 rings (SSSR count). The van der Waals surface area contributed by atoms with Crippen LogP contribution in [0.3, 0.4) is 0 Å². The van der Waals surface area contributed by atoms with Gasteiger partial charge in [-0.15, -0.1) is 0 Å². The Hall–Kier alpha value is -3.39. The van der Waals surface area contributed by atoms with Gasteiger partial charge in [-0.05, 0) is 38.1 Å². The number of nitrogens with one attached hydrogen (secondary N) is 1. The summed E-state index contributed by atoms with van der Waals surface area (Å²) in [6.07, 6.45) is 0. The molecular formula is C20H16N2O5S. The van der Waals surface area contributed by atoms with Crippen LogP contribution in [-0.2, 0) is 0 Å². The van der Waals surface area contributed by atoms with E-state index in [1.54, 1.807) is 50.2 Å². The van der Waals surface area contributed by atoms with Crippen molar-refractivity contribution < 1.29 is 19.6 Å². The topological polar surface area (TPSA) is 113 Å². The van der Waals surface area contributed by atoms with Gasteiger partial charge in [-0.1, -0.05) is 23.9 Å². The number of hydrogen-bond donors (Lipinski definition) is 2. The van der Waals surface area contributed by atoms with E-state index >= 15 is 0 Å². The van der Waals surface area contributed by atoms with E-state index in [1.165, 1.54) is 23.9 Å². The summed E-state index contributed by atoms with van der Waals surface area (Å²) in [5.74, 6) is -1.55. The normalized spacial score (nSPS) is 10.6. The van der Waals surface area contributed by atoms with Crippen molar-refractivity contribution in [1.82, 2.24) is 4.98 Å². The second-order valence-electron chi connectivity index (χ2n) is 6.11. The highest BCUT2D eigenvalue weighted by molar-refractivity contribution is 7.99. The maximum Gasteiger partial charge on any atom is 0.338 e. The molecule has 0 aliphatic rings. The summed E-state index contributed by atoms with van der Waals surface area (Å²) in [4.78, 5) is 39.4. The quantitative estimate of drug-likeness (QED) is 0.357. The van der Waals surface area contributed by atoms with E-state index in [-0.39, 0.29) is 22.6 Å². The van der Waals surface area contributed by atoms with Crippen molar-refractivity contribution in [2.75, 3.05) is 0 Å². The van der Waals surface area contributed by atoms with Crippen LogP contribution in [0, 0.1) is 24.0 Å². The van der Waals surface area contributed by atoms with E-state index in [9.17, 15) is 24.8 Å². The second kappa shape index (κ2) is 7.69. The van der Waals surface area contributed by atoms with Gasteiger partial charge in [0.25, 0.3) is 5.69 Å². The summed E-state index contributed by atoms with van der Waals surface area (Å²) in [5, 5.41) is 20.3. The van der Waals surface area contributed by atoms with Crippen molar-refractivity contribution in [3.8, 4) is 0 Å². The minimum absolute atomic E-state index is 0.0155. The summed E-state index contributed by atoms with van der Waals surface area (Å²) >= 11 is 1.28. The molecular weight excluding hydrogens is 380 g/mol. The number of aryl methyl sites for hydroxylation is 2. The molecule has 0 saturated heterocycles. The number of benzene rings is 2. The molecule has 0 bridgehead atoms. The molecule has 1 aromatic heterocycles. The Morgan fingerprint density at radius 1 is 1.00 bits per heavy atom. The number of rotatable bonds is 6. The maximum absolute atomic E-state index is 13.2. The average molecular weight is 396 g/mol. The first-order chi connectivity index (χ1) is 13.3. The van der Waals surface area contributed by atoms with Gasteiger partial charge >= 0.3 is 5.97 Å². The molecule has 2 aromatic carbocycles. The number of aromatic carboxylic acids is 1. The van der Waals surface area contributed by atoms with Gasteiger partial charge in [0.2, 0.25) is 0 Å². The van der Waals surface area contributed by atoms with Gasteiger partial charge in [0.05, 0.1) is 16.1 Å². The van der Waals surface area contributed by atoms with Crippen LogP contribution in [0.5, 0.6) is 0 Å². The Morgan fingerprint density at radius 2 is 1.61 bits per heavy atom. The number of carbonyl (C=O) groups excluding carboxylic acids is 1. The summed E-state index contributed by atoms with van der Waals surface area (Å²) in [6, 6.07) is 12.9. The van der Waals surface area contributed by atoms with Gasteiger partial charge in [0.15, 0.2) is 5.78 Å². The van der Waals surface area contributed by atoms with E-state index < -0.39 is 10.9 Å². The zero-order valence-electron chi connectivity index (χ0n) is 15.1. The number of carbonyl (C=O) groups is 2. The van der Waals surface area contributed by atoms with Gasteiger partial charge in [-0.3, -0.25) is 14.9 Å². The van der Waals surface area contributed by atoms with Crippen molar-refractivity contribution in [3.63, 3.8) is 0 Å². The number of hydrogen-bond acceptors (Lipinski definition) is 5. The minimum Gasteiger partial charge on any atom is -0.478 e. The van der Waals surface area contributed by atoms with Crippen LogP contribution in [-0.4, -0.2) is 26.8 Å². The zero-order valence-corrected chi connectivity index (χ0v) is 15.9. The predicted molar refractivity (Wildman–Crippen MR) is 104 cm³/mol. The standard InChI is InChI=1S/C20H16N2O5S/c1-11-17(18(20(24)25)12(2)21-11)19(23)15-5-3-4-6-16(15)28-14-9-7-13(8-10-14)22(26)27/h3-10,21H,1-2H3,(H,24,25). The van der Waals surface area contributed by atoms with E-state index in [0.717, 1.165) is 4.90 Å². The van der Waals surface area contributed by atoms with Crippen molar-refractivity contribution in [2.45, 2.75) is 23.6 Å². The highest BCUT2D eigenvalue weighted by atomic mass is 32.2. The third kappa shape index (κ3) is 3.67. The third-order valence-corrected chi connectivity index (χ3v) is 5.31. The summed E-state index contributed by atoms with van der Waals surface area (Å²) < 4.78 is 0. The molecule has 7 nitrogen and oxygen atoms in total. The first-order valence-corrected chi connectivity index (χ1v) is 9.09. The highest BCUT2D eigenvalue weighted by Gasteiger charge is 2.26. The molecule has 28 heavy (non-hydrogen) atoms. The Morgan fingerprint density at radius 3 is 2.21 bits per heavy atom. The Bertz CT molecular complexity index is 1090. The number of carboxylic acid groups (broad SMARTS) is 1. The van der Waals surface area contributed by atoms with Crippen molar-refractivity contribution in [1.29, 1.82) is 0 Å². The Labute approximate surface area is 164 Å². The first-order valence-electron chi connectivity index (χ1n) is 8.28. The lowest BCUT2D eigenvalue weighted by atomic mass is 9.99. The van der Waals surface area contributed by atoms with Crippen LogP contribution in [0.25, 0.3) is 0 Å². The van der Waals surface area contributed by atoms with Crippen molar-refractivity contribution in [2.24, 2.45) is 0 Å². The number of non-ortho nitro benzene ring substituents is 1. The number of aromatic amines is 1.